The molecule has 0 radical (unpaired) electrons. The number of H-pyrrole nitrogens is 1. The van der Waals surface area contributed by atoms with Crippen LogP contribution >= 0.6 is 22.9 Å². The molecular weight excluding hydrogens is 460 g/mol. The van der Waals surface area contributed by atoms with Crippen LogP contribution in [0.5, 0.6) is 0 Å². The molecule has 9 heteroatoms. The van der Waals surface area contributed by atoms with Crippen molar-refractivity contribution in [3.8, 4) is 10.8 Å². The van der Waals surface area contributed by atoms with Gasteiger partial charge in [-0.15, -0.1) is 16.4 Å². The van der Waals surface area contributed by atoms with Gasteiger partial charge in [-0.25, -0.2) is 4.79 Å². The highest BCUT2D eigenvalue weighted by Crippen LogP contribution is 2.34. The van der Waals surface area contributed by atoms with E-state index in [9.17, 15) is 9.59 Å². The Balaban J connectivity index is 1.38. The summed E-state index contributed by atoms with van der Waals surface area (Å²) >= 11 is 7.92. The number of nitrogens with zero attached hydrogens (tertiary/aromatic N) is 2. The third kappa shape index (κ3) is 4.35. The number of halogens is 1. The van der Waals surface area contributed by atoms with E-state index in [4.69, 9.17) is 16.0 Å². The van der Waals surface area contributed by atoms with Crippen molar-refractivity contribution in [3.05, 3.63) is 98.9 Å². The van der Waals surface area contributed by atoms with E-state index >= 15 is 0 Å². The number of carbonyl (C=O) groups excluding carboxylic acids is 1. The van der Waals surface area contributed by atoms with Crippen LogP contribution in [0.4, 0.5) is 0 Å². The lowest BCUT2D eigenvalue weighted by atomic mass is 9.90. The van der Waals surface area contributed by atoms with E-state index < -0.39 is 5.76 Å². The number of para-hydroxylation sites is 1. The Kier molecular flexibility index (Phi) is 5.85. The fourth-order valence-corrected chi connectivity index (χ4v) is 4.75. The van der Waals surface area contributed by atoms with Gasteiger partial charge in [0.2, 0.25) is 5.91 Å². The Morgan fingerprint density at radius 2 is 1.94 bits per heavy atom. The van der Waals surface area contributed by atoms with Crippen molar-refractivity contribution >= 4 is 39.7 Å². The standard InChI is InChI=1S/C24H19ClN4O3S/c25-19-8-3-1-6-15(19)17(18-12-26-20-9-4-2-7-16(18)20)13-27-22(30)14-29-24(31)32-23(28-29)21-10-5-11-33-21/h1-12,17,26H,13-14H2,(H,27,30)/t17-/m0/s1. The maximum atomic E-state index is 12.7. The lowest BCUT2D eigenvalue weighted by molar-refractivity contribution is -0.121. The average Bonchev–Trinajstić information content (AvgIpc) is 3.56. The summed E-state index contributed by atoms with van der Waals surface area (Å²) in [5.41, 5.74) is 2.94. The van der Waals surface area contributed by atoms with Gasteiger partial charge in [0.25, 0.3) is 5.89 Å². The molecule has 0 fully saturated rings. The molecule has 0 unspecified atom stereocenters. The first-order chi connectivity index (χ1) is 16.1. The normalized spacial score (nSPS) is 12.2. The Morgan fingerprint density at radius 1 is 1.12 bits per heavy atom. The second-order valence-corrected chi connectivity index (χ2v) is 8.83. The summed E-state index contributed by atoms with van der Waals surface area (Å²) in [5, 5.41) is 10.6. The molecule has 0 bridgehead atoms. The number of thiophene rings is 1. The second kappa shape index (κ2) is 9.09. The van der Waals surface area contributed by atoms with E-state index in [0.717, 1.165) is 31.6 Å². The molecule has 0 saturated heterocycles. The van der Waals surface area contributed by atoms with Gasteiger partial charge in [-0.1, -0.05) is 54.1 Å². The molecule has 5 aromatic rings. The van der Waals surface area contributed by atoms with Gasteiger partial charge in [0, 0.05) is 34.6 Å². The van der Waals surface area contributed by atoms with Gasteiger partial charge in [0.15, 0.2) is 0 Å². The predicted molar refractivity (Wildman–Crippen MR) is 129 cm³/mol. The summed E-state index contributed by atoms with van der Waals surface area (Å²) in [6.45, 7) is 0.0611. The minimum atomic E-state index is -0.673. The Morgan fingerprint density at radius 3 is 2.76 bits per heavy atom. The van der Waals surface area contributed by atoms with Crippen LogP contribution in [0.3, 0.4) is 0 Å². The summed E-state index contributed by atoms with van der Waals surface area (Å²) in [4.78, 5) is 28.9. The SMILES string of the molecule is O=C(Cn1nc(-c2cccs2)oc1=O)NC[C@@H](c1ccccc1Cl)c1c[nH]c2ccccc12. The number of hydrogen-bond acceptors (Lipinski definition) is 5. The number of fused-ring (bicyclic) bond motifs is 1. The first-order valence-corrected chi connectivity index (χ1v) is 11.5. The second-order valence-electron chi connectivity index (χ2n) is 7.48. The van der Waals surface area contributed by atoms with E-state index in [-0.39, 0.29) is 24.3 Å². The molecule has 166 valence electrons. The number of carbonyl (C=O) groups is 1. The minimum absolute atomic E-state index is 0.186. The molecule has 0 spiro atoms. The molecule has 0 saturated carbocycles. The Bertz CT molecular complexity index is 1470. The first kappa shape index (κ1) is 21.2. The molecule has 1 amide bonds. The van der Waals surface area contributed by atoms with Gasteiger partial charge >= 0.3 is 5.76 Å². The highest BCUT2D eigenvalue weighted by atomic mass is 35.5. The van der Waals surface area contributed by atoms with E-state index in [1.165, 1.54) is 11.3 Å². The number of benzene rings is 2. The van der Waals surface area contributed by atoms with Crippen molar-refractivity contribution in [1.82, 2.24) is 20.1 Å². The lowest BCUT2D eigenvalue weighted by Gasteiger charge is -2.19. The maximum Gasteiger partial charge on any atom is 0.437 e. The number of amides is 1. The van der Waals surface area contributed by atoms with Gasteiger partial charge in [-0.2, -0.15) is 4.68 Å². The van der Waals surface area contributed by atoms with Crippen LogP contribution in [0.25, 0.3) is 21.7 Å². The largest absolute Gasteiger partial charge is 0.437 e. The highest BCUT2D eigenvalue weighted by Gasteiger charge is 2.22. The third-order valence-corrected chi connectivity index (χ3v) is 6.61. The molecule has 0 aliphatic carbocycles. The smallest absolute Gasteiger partial charge is 0.387 e. The van der Waals surface area contributed by atoms with Crippen LogP contribution in [-0.2, 0) is 11.3 Å². The van der Waals surface area contributed by atoms with Crippen molar-refractivity contribution < 1.29 is 9.21 Å². The molecule has 1 atom stereocenters. The van der Waals surface area contributed by atoms with E-state index in [1.807, 2.05) is 66.2 Å². The van der Waals surface area contributed by atoms with Gasteiger partial charge in [-0.05, 0) is 34.7 Å². The molecule has 2 N–H and O–H groups in total. The van der Waals surface area contributed by atoms with E-state index in [0.29, 0.717) is 11.6 Å². The van der Waals surface area contributed by atoms with Gasteiger partial charge < -0.3 is 14.7 Å². The minimum Gasteiger partial charge on any atom is -0.387 e. The van der Waals surface area contributed by atoms with Crippen LogP contribution in [0.2, 0.25) is 5.02 Å². The molecular formula is C24H19ClN4O3S. The van der Waals surface area contributed by atoms with E-state index in [1.54, 1.807) is 6.07 Å². The third-order valence-electron chi connectivity index (χ3n) is 5.41. The molecule has 0 aliphatic heterocycles. The van der Waals surface area contributed by atoms with Crippen molar-refractivity contribution in [2.24, 2.45) is 0 Å². The molecule has 3 heterocycles. The quantitative estimate of drug-likeness (QED) is 0.356. The summed E-state index contributed by atoms with van der Waals surface area (Å²) in [6, 6.07) is 19.2. The highest BCUT2D eigenvalue weighted by molar-refractivity contribution is 7.13. The van der Waals surface area contributed by atoms with Crippen molar-refractivity contribution in [2.75, 3.05) is 6.54 Å². The van der Waals surface area contributed by atoms with Crippen LogP contribution in [0.15, 0.2) is 81.5 Å². The number of nitrogens with one attached hydrogen (secondary N) is 2. The predicted octanol–water partition coefficient (Wildman–Crippen LogP) is 4.65. The number of rotatable bonds is 7. The molecule has 5 rings (SSSR count). The summed E-state index contributed by atoms with van der Waals surface area (Å²) in [6.07, 6.45) is 1.94. The lowest BCUT2D eigenvalue weighted by Crippen LogP contribution is -2.34. The maximum absolute atomic E-state index is 12.7. The number of hydrogen-bond donors (Lipinski definition) is 2. The zero-order chi connectivity index (χ0) is 22.8. The van der Waals surface area contributed by atoms with Crippen molar-refractivity contribution in [1.29, 1.82) is 0 Å². The number of aromatic nitrogens is 3. The molecule has 0 aliphatic rings. The Hall–Kier alpha value is -3.62. The molecule has 33 heavy (non-hydrogen) atoms. The van der Waals surface area contributed by atoms with Gasteiger partial charge in [0.1, 0.15) is 6.54 Å². The van der Waals surface area contributed by atoms with Gasteiger partial charge in [0.05, 0.1) is 4.88 Å². The molecule has 2 aromatic carbocycles. The van der Waals surface area contributed by atoms with Crippen LogP contribution in [0, 0.1) is 0 Å². The fourth-order valence-electron chi connectivity index (χ4n) is 3.84. The fraction of sp³-hybridized carbons (Fsp3) is 0.125. The van der Waals surface area contributed by atoms with Crippen molar-refractivity contribution in [2.45, 2.75) is 12.5 Å². The topological polar surface area (TPSA) is 92.9 Å². The average molecular weight is 479 g/mol. The van der Waals surface area contributed by atoms with E-state index in [2.05, 4.69) is 15.4 Å². The molecule has 7 nitrogen and oxygen atoms in total. The van der Waals surface area contributed by atoms with Crippen LogP contribution < -0.4 is 11.1 Å². The van der Waals surface area contributed by atoms with Crippen molar-refractivity contribution in [3.63, 3.8) is 0 Å². The Labute approximate surface area is 197 Å². The monoisotopic (exact) mass is 478 g/mol. The first-order valence-electron chi connectivity index (χ1n) is 10.3. The van der Waals surface area contributed by atoms with Crippen LogP contribution in [0.1, 0.15) is 17.0 Å². The van der Waals surface area contributed by atoms with Gasteiger partial charge in [-0.3, -0.25) is 4.79 Å². The summed E-state index contributed by atoms with van der Waals surface area (Å²) < 4.78 is 6.21. The molecule has 3 aromatic heterocycles. The summed E-state index contributed by atoms with van der Waals surface area (Å²) in [7, 11) is 0. The zero-order valence-electron chi connectivity index (χ0n) is 17.3. The zero-order valence-corrected chi connectivity index (χ0v) is 18.9. The summed E-state index contributed by atoms with van der Waals surface area (Å²) in [5.74, 6) is -1.00. The number of aromatic amines is 1. The van der Waals surface area contributed by atoms with Crippen LogP contribution in [-0.4, -0.2) is 27.2 Å².